The zero-order valence-electron chi connectivity index (χ0n) is 18.6. The van der Waals surface area contributed by atoms with Crippen molar-refractivity contribution in [2.45, 2.75) is 58.0 Å². The predicted octanol–water partition coefficient (Wildman–Crippen LogP) is 3.58. The Morgan fingerprint density at radius 1 is 1.00 bits per heavy atom. The molecule has 2 aromatic carbocycles. The Hall–Kier alpha value is -2.21. The summed E-state index contributed by atoms with van der Waals surface area (Å²) in [5.41, 5.74) is 3.78. The van der Waals surface area contributed by atoms with E-state index in [1.54, 1.807) is 0 Å². The molecule has 0 spiro atoms. The van der Waals surface area contributed by atoms with E-state index in [1.165, 1.54) is 36.0 Å². The Labute approximate surface area is 186 Å². The molecule has 2 saturated heterocycles. The summed E-state index contributed by atoms with van der Waals surface area (Å²) in [6, 6.07) is 19.5. The summed E-state index contributed by atoms with van der Waals surface area (Å²) in [6.45, 7) is 7.93. The van der Waals surface area contributed by atoms with Crippen LogP contribution in [-0.2, 0) is 29.2 Å². The van der Waals surface area contributed by atoms with Crippen LogP contribution in [0.1, 0.15) is 42.9 Å². The highest BCUT2D eigenvalue weighted by Gasteiger charge is 2.27. The van der Waals surface area contributed by atoms with Gasteiger partial charge in [0, 0.05) is 38.8 Å². The SMILES string of the molecule is CC1CCCCN1Cc1ccccc1CNC(=O)C1CN(Cc2ccccc2)CCO1. The smallest absolute Gasteiger partial charge is 0.250 e. The van der Waals surface area contributed by atoms with E-state index in [4.69, 9.17) is 4.74 Å². The number of nitrogens with one attached hydrogen (secondary N) is 1. The number of piperidine rings is 1. The Balaban J connectivity index is 1.31. The van der Waals surface area contributed by atoms with Crippen molar-refractivity contribution in [3.8, 4) is 0 Å². The highest BCUT2D eigenvalue weighted by Crippen LogP contribution is 2.21. The zero-order valence-corrected chi connectivity index (χ0v) is 18.6. The summed E-state index contributed by atoms with van der Waals surface area (Å²) in [5, 5.41) is 3.13. The normalized spacial score (nSPS) is 22.9. The van der Waals surface area contributed by atoms with E-state index in [9.17, 15) is 4.79 Å². The fourth-order valence-electron chi connectivity index (χ4n) is 4.64. The van der Waals surface area contributed by atoms with Crippen molar-refractivity contribution in [1.82, 2.24) is 15.1 Å². The molecule has 31 heavy (non-hydrogen) atoms. The Morgan fingerprint density at radius 3 is 2.58 bits per heavy atom. The summed E-state index contributed by atoms with van der Waals surface area (Å²) < 4.78 is 5.80. The van der Waals surface area contributed by atoms with E-state index in [1.807, 2.05) is 6.07 Å². The first-order chi connectivity index (χ1) is 15.2. The molecule has 0 aromatic heterocycles. The Morgan fingerprint density at radius 2 is 1.77 bits per heavy atom. The molecule has 2 aliphatic rings. The van der Waals surface area contributed by atoms with Gasteiger partial charge >= 0.3 is 0 Å². The third-order valence-corrected chi connectivity index (χ3v) is 6.58. The van der Waals surface area contributed by atoms with Crippen molar-refractivity contribution >= 4 is 5.91 Å². The quantitative estimate of drug-likeness (QED) is 0.742. The molecule has 0 bridgehead atoms. The maximum atomic E-state index is 12.8. The summed E-state index contributed by atoms with van der Waals surface area (Å²) in [4.78, 5) is 17.7. The van der Waals surface area contributed by atoms with Crippen LogP contribution in [0.15, 0.2) is 54.6 Å². The summed E-state index contributed by atoms with van der Waals surface area (Å²) >= 11 is 0. The lowest BCUT2D eigenvalue weighted by Gasteiger charge is -2.34. The highest BCUT2D eigenvalue weighted by molar-refractivity contribution is 5.81. The molecule has 166 valence electrons. The summed E-state index contributed by atoms with van der Waals surface area (Å²) in [7, 11) is 0. The minimum absolute atomic E-state index is 0.0149. The fraction of sp³-hybridized carbons (Fsp3) is 0.500. The summed E-state index contributed by atoms with van der Waals surface area (Å²) in [6.07, 6.45) is 3.48. The average molecular weight is 422 g/mol. The second kappa shape index (κ2) is 10.9. The number of carbonyl (C=O) groups excluding carboxylic acids is 1. The van der Waals surface area contributed by atoms with Crippen LogP contribution in [0.4, 0.5) is 0 Å². The first-order valence-electron chi connectivity index (χ1n) is 11.7. The number of likely N-dealkylation sites (tertiary alicyclic amines) is 1. The van der Waals surface area contributed by atoms with Crippen molar-refractivity contribution in [3.05, 3.63) is 71.3 Å². The van der Waals surface area contributed by atoms with Crippen LogP contribution >= 0.6 is 0 Å². The molecule has 5 nitrogen and oxygen atoms in total. The molecule has 1 N–H and O–H groups in total. The van der Waals surface area contributed by atoms with Gasteiger partial charge in [-0.05, 0) is 43.0 Å². The van der Waals surface area contributed by atoms with Gasteiger partial charge in [0.05, 0.1) is 6.61 Å². The van der Waals surface area contributed by atoms with Crippen LogP contribution in [0.5, 0.6) is 0 Å². The first kappa shape index (κ1) is 22.0. The lowest BCUT2D eigenvalue weighted by Crippen LogP contribution is -2.49. The van der Waals surface area contributed by atoms with Gasteiger partial charge in [-0.3, -0.25) is 14.6 Å². The number of ether oxygens (including phenoxy) is 1. The molecular weight excluding hydrogens is 386 g/mol. The molecular formula is C26H35N3O2. The maximum absolute atomic E-state index is 12.8. The van der Waals surface area contributed by atoms with Crippen LogP contribution < -0.4 is 5.32 Å². The van der Waals surface area contributed by atoms with Crippen molar-refractivity contribution in [3.63, 3.8) is 0 Å². The molecule has 4 rings (SSSR count). The standard InChI is InChI=1S/C26H35N3O2/c1-21-9-7-8-14-29(21)19-24-13-6-5-12-23(24)17-27-26(30)25-20-28(15-16-31-25)18-22-10-3-2-4-11-22/h2-6,10-13,21,25H,7-9,14-20H2,1H3,(H,27,30). The molecule has 2 unspecified atom stereocenters. The van der Waals surface area contributed by atoms with Gasteiger partial charge in [0.25, 0.3) is 5.91 Å². The summed E-state index contributed by atoms with van der Waals surface area (Å²) in [5.74, 6) is -0.0149. The third-order valence-electron chi connectivity index (χ3n) is 6.58. The molecule has 0 radical (unpaired) electrons. The molecule has 5 heteroatoms. The Bertz CT molecular complexity index is 842. The van der Waals surface area contributed by atoms with Gasteiger partial charge in [-0.1, -0.05) is 61.0 Å². The molecule has 2 aromatic rings. The van der Waals surface area contributed by atoms with E-state index in [0.717, 1.165) is 26.2 Å². The van der Waals surface area contributed by atoms with Gasteiger partial charge < -0.3 is 10.1 Å². The van der Waals surface area contributed by atoms with Crippen LogP contribution in [0.3, 0.4) is 0 Å². The third kappa shape index (κ3) is 6.16. The Kier molecular flexibility index (Phi) is 7.73. The zero-order chi connectivity index (χ0) is 21.5. The van der Waals surface area contributed by atoms with Crippen molar-refractivity contribution in [1.29, 1.82) is 0 Å². The lowest BCUT2D eigenvalue weighted by molar-refractivity contribution is -0.139. The van der Waals surface area contributed by atoms with E-state index in [2.05, 4.69) is 70.6 Å². The molecule has 1 amide bonds. The monoisotopic (exact) mass is 421 g/mol. The van der Waals surface area contributed by atoms with E-state index in [0.29, 0.717) is 25.7 Å². The largest absolute Gasteiger partial charge is 0.366 e. The second-order valence-corrected chi connectivity index (χ2v) is 8.88. The minimum Gasteiger partial charge on any atom is -0.366 e. The minimum atomic E-state index is -0.410. The number of rotatable bonds is 7. The second-order valence-electron chi connectivity index (χ2n) is 8.88. The lowest BCUT2D eigenvalue weighted by atomic mass is 10.0. The molecule has 2 atom stereocenters. The maximum Gasteiger partial charge on any atom is 0.250 e. The predicted molar refractivity (Wildman–Crippen MR) is 123 cm³/mol. The average Bonchev–Trinajstić information content (AvgIpc) is 2.80. The molecule has 2 fully saturated rings. The van der Waals surface area contributed by atoms with E-state index in [-0.39, 0.29) is 5.91 Å². The fourth-order valence-corrected chi connectivity index (χ4v) is 4.64. The van der Waals surface area contributed by atoms with Gasteiger partial charge in [-0.2, -0.15) is 0 Å². The van der Waals surface area contributed by atoms with Gasteiger partial charge in [0.1, 0.15) is 6.10 Å². The van der Waals surface area contributed by atoms with Gasteiger partial charge in [0.15, 0.2) is 0 Å². The van der Waals surface area contributed by atoms with E-state index >= 15 is 0 Å². The number of benzene rings is 2. The number of hydrogen-bond donors (Lipinski definition) is 1. The van der Waals surface area contributed by atoms with Crippen LogP contribution in [0, 0.1) is 0 Å². The molecule has 0 saturated carbocycles. The van der Waals surface area contributed by atoms with Crippen molar-refractivity contribution < 1.29 is 9.53 Å². The van der Waals surface area contributed by atoms with Crippen LogP contribution in [-0.4, -0.2) is 54.1 Å². The van der Waals surface area contributed by atoms with Gasteiger partial charge in [-0.15, -0.1) is 0 Å². The number of nitrogens with zero attached hydrogens (tertiary/aromatic N) is 2. The molecule has 2 heterocycles. The number of morpholine rings is 1. The molecule has 2 aliphatic heterocycles. The van der Waals surface area contributed by atoms with Crippen LogP contribution in [0.2, 0.25) is 0 Å². The van der Waals surface area contributed by atoms with Gasteiger partial charge in [0.2, 0.25) is 0 Å². The first-order valence-corrected chi connectivity index (χ1v) is 11.7. The molecule has 0 aliphatic carbocycles. The van der Waals surface area contributed by atoms with Crippen molar-refractivity contribution in [2.75, 3.05) is 26.2 Å². The van der Waals surface area contributed by atoms with Gasteiger partial charge in [-0.25, -0.2) is 0 Å². The number of hydrogen-bond acceptors (Lipinski definition) is 4. The number of amides is 1. The van der Waals surface area contributed by atoms with Crippen LogP contribution in [0.25, 0.3) is 0 Å². The number of carbonyl (C=O) groups is 1. The van der Waals surface area contributed by atoms with Crippen molar-refractivity contribution in [2.24, 2.45) is 0 Å². The van der Waals surface area contributed by atoms with E-state index < -0.39 is 6.10 Å². The highest BCUT2D eigenvalue weighted by atomic mass is 16.5. The topological polar surface area (TPSA) is 44.8 Å².